The zero-order valence-corrected chi connectivity index (χ0v) is 8.47. The van der Waals surface area contributed by atoms with Crippen molar-refractivity contribution in [2.24, 2.45) is 0 Å². The smallest absolute Gasteiger partial charge is 0.0664 e. The summed E-state index contributed by atoms with van der Waals surface area (Å²) >= 11 is 0. The highest BCUT2D eigenvalue weighted by atomic mass is 14.9. The van der Waals surface area contributed by atoms with Crippen LogP contribution in [0.1, 0.15) is 38.5 Å². The van der Waals surface area contributed by atoms with Gasteiger partial charge in [0.2, 0.25) is 0 Å². The fourth-order valence-corrected chi connectivity index (χ4v) is 2.37. The van der Waals surface area contributed by atoms with Gasteiger partial charge in [0, 0.05) is 12.2 Å². The molecule has 0 bridgehead atoms. The first-order chi connectivity index (χ1) is 6.92. The first kappa shape index (κ1) is 9.33. The van der Waals surface area contributed by atoms with Gasteiger partial charge in [-0.2, -0.15) is 5.26 Å². The molecule has 0 fully saturated rings. The molecule has 0 aromatic heterocycles. The second-order valence-corrected chi connectivity index (χ2v) is 3.95. The van der Waals surface area contributed by atoms with Crippen LogP contribution in [0.25, 0.3) is 0 Å². The summed E-state index contributed by atoms with van der Waals surface area (Å²) in [6.07, 6.45) is 8.92. The fourth-order valence-electron chi connectivity index (χ4n) is 2.37. The molecule has 1 heterocycles. The van der Waals surface area contributed by atoms with E-state index in [1.165, 1.54) is 43.4 Å². The summed E-state index contributed by atoms with van der Waals surface area (Å²) in [7, 11) is 0. The van der Waals surface area contributed by atoms with Gasteiger partial charge >= 0.3 is 0 Å². The van der Waals surface area contributed by atoms with Crippen LogP contribution < -0.4 is 5.32 Å². The Morgan fingerprint density at radius 1 is 1.29 bits per heavy atom. The first-order valence-electron chi connectivity index (χ1n) is 5.44. The molecule has 0 aromatic carbocycles. The molecule has 1 aliphatic carbocycles. The Morgan fingerprint density at radius 2 is 2.14 bits per heavy atom. The van der Waals surface area contributed by atoms with Gasteiger partial charge in [-0.15, -0.1) is 0 Å². The standard InChI is InChI=1S/C12H16N2/c13-8-3-6-12-11-5-2-1-4-10(11)7-9-14-12/h6,14H,1-5,7,9H2/b12-6+. The Kier molecular flexibility index (Phi) is 2.88. The molecule has 2 nitrogen and oxygen atoms in total. The minimum atomic E-state index is 0.527. The van der Waals surface area contributed by atoms with Crippen molar-refractivity contribution in [3.63, 3.8) is 0 Å². The number of nitrogens with one attached hydrogen (secondary N) is 1. The second-order valence-electron chi connectivity index (χ2n) is 3.95. The number of allylic oxidation sites excluding steroid dienone is 2. The highest BCUT2D eigenvalue weighted by molar-refractivity contribution is 5.38. The number of rotatable bonds is 1. The molecule has 1 N–H and O–H groups in total. The SMILES string of the molecule is N#CC/C=C1/NCCC2=C1CCCC2. The normalized spacial score (nSPS) is 24.1. The number of hydrogen-bond acceptors (Lipinski definition) is 2. The molecule has 0 radical (unpaired) electrons. The van der Waals surface area contributed by atoms with E-state index in [0.717, 1.165) is 6.54 Å². The molecule has 2 heteroatoms. The highest BCUT2D eigenvalue weighted by Crippen LogP contribution is 2.33. The van der Waals surface area contributed by atoms with Crippen molar-refractivity contribution in [3.05, 3.63) is 22.9 Å². The molecule has 0 saturated heterocycles. The van der Waals surface area contributed by atoms with Gasteiger partial charge in [0.25, 0.3) is 0 Å². The molecule has 14 heavy (non-hydrogen) atoms. The molecule has 1 aliphatic heterocycles. The first-order valence-corrected chi connectivity index (χ1v) is 5.44. The van der Waals surface area contributed by atoms with Crippen LogP contribution in [0.5, 0.6) is 0 Å². The Hall–Kier alpha value is -1.23. The molecule has 2 aliphatic rings. The van der Waals surface area contributed by atoms with Crippen LogP contribution in [0.15, 0.2) is 22.9 Å². The van der Waals surface area contributed by atoms with E-state index in [0.29, 0.717) is 6.42 Å². The van der Waals surface area contributed by atoms with E-state index in [9.17, 15) is 0 Å². The quantitative estimate of drug-likeness (QED) is 0.686. The third-order valence-corrected chi connectivity index (χ3v) is 3.05. The Morgan fingerprint density at radius 3 is 3.00 bits per heavy atom. The predicted octanol–water partition coefficient (Wildman–Crippen LogP) is 2.65. The van der Waals surface area contributed by atoms with E-state index in [2.05, 4.69) is 11.4 Å². The number of nitrogens with zero attached hydrogens (tertiary/aromatic N) is 1. The minimum absolute atomic E-state index is 0.527. The van der Waals surface area contributed by atoms with Crippen molar-refractivity contribution in [3.8, 4) is 6.07 Å². The van der Waals surface area contributed by atoms with Crippen molar-refractivity contribution >= 4 is 0 Å². The average molecular weight is 188 g/mol. The molecular formula is C12H16N2. The zero-order chi connectivity index (χ0) is 9.80. The van der Waals surface area contributed by atoms with Crippen LogP contribution in [0, 0.1) is 11.3 Å². The molecule has 0 unspecified atom stereocenters. The van der Waals surface area contributed by atoms with Gasteiger partial charge in [-0.25, -0.2) is 0 Å². The highest BCUT2D eigenvalue weighted by Gasteiger charge is 2.19. The van der Waals surface area contributed by atoms with Gasteiger partial charge in [-0.3, -0.25) is 0 Å². The predicted molar refractivity (Wildman–Crippen MR) is 56.4 cm³/mol. The maximum Gasteiger partial charge on any atom is 0.0664 e. The summed E-state index contributed by atoms with van der Waals surface area (Å²) < 4.78 is 0. The van der Waals surface area contributed by atoms with E-state index >= 15 is 0 Å². The summed E-state index contributed by atoms with van der Waals surface area (Å²) in [5.74, 6) is 0. The molecule has 0 spiro atoms. The van der Waals surface area contributed by atoms with Crippen LogP contribution >= 0.6 is 0 Å². The summed E-state index contributed by atoms with van der Waals surface area (Å²) in [6, 6.07) is 2.17. The summed E-state index contributed by atoms with van der Waals surface area (Å²) in [5.41, 5.74) is 4.39. The van der Waals surface area contributed by atoms with Gasteiger partial charge in [0.1, 0.15) is 0 Å². The molecular weight excluding hydrogens is 172 g/mol. The van der Waals surface area contributed by atoms with E-state index < -0.39 is 0 Å². The summed E-state index contributed by atoms with van der Waals surface area (Å²) in [6.45, 7) is 1.05. The van der Waals surface area contributed by atoms with Gasteiger partial charge in [0.15, 0.2) is 0 Å². The van der Waals surface area contributed by atoms with Crippen LogP contribution in [0.4, 0.5) is 0 Å². The third kappa shape index (κ3) is 1.82. The fraction of sp³-hybridized carbons (Fsp3) is 0.583. The second kappa shape index (κ2) is 4.32. The minimum Gasteiger partial charge on any atom is -0.385 e. The van der Waals surface area contributed by atoms with Gasteiger partial charge in [0.05, 0.1) is 12.5 Å². The lowest BCUT2D eigenvalue weighted by Crippen LogP contribution is -2.24. The van der Waals surface area contributed by atoms with Crippen molar-refractivity contribution in [2.45, 2.75) is 38.5 Å². The van der Waals surface area contributed by atoms with Crippen LogP contribution in [0.2, 0.25) is 0 Å². The Balaban J connectivity index is 2.21. The number of nitriles is 1. The van der Waals surface area contributed by atoms with Crippen molar-refractivity contribution < 1.29 is 0 Å². The molecule has 74 valence electrons. The van der Waals surface area contributed by atoms with Gasteiger partial charge < -0.3 is 5.32 Å². The largest absolute Gasteiger partial charge is 0.385 e. The Labute approximate surface area is 85.3 Å². The maximum atomic E-state index is 8.55. The van der Waals surface area contributed by atoms with Crippen LogP contribution in [0.3, 0.4) is 0 Å². The lowest BCUT2D eigenvalue weighted by atomic mass is 9.85. The maximum absolute atomic E-state index is 8.55. The molecule has 0 atom stereocenters. The van der Waals surface area contributed by atoms with Crippen LogP contribution in [-0.2, 0) is 0 Å². The summed E-state index contributed by atoms with van der Waals surface area (Å²) in [4.78, 5) is 0. The van der Waals surface area contributed by atoms with E-state index in [1.54, 1.807) is 5.57 Å². The molecule has 0 amide bonds. The van der Waals surface area contributed by atoms with E-state index in [4.69, 9.17) is 5.26 Å². The molecule has 0 aromatic rings. The molecule has 2 rings (SSSR count). The third-order valence-electron chi connectivity index (χ3n) is 3.05. The van der Waals surface area contributed by atoms with Crippen LogP contribution in [-0.4, -0.2) is 6.54 Å². The topological polar surface area (TPSA) is 35.8 Å². The average Bonchev–Trinajstić information content (AvgIpc) is 2.26. The van der Waals surface area contributed by atoms with Crippen molar-refractivity contribution in [2.75, 3.05) is 6.54 Å². The van der Waals surface area contributed by atoms with Crippen molar-refractivity contribution in [1.82, 2.24) is 5.32 Å². The summed E-state index contributed by atoms with van der Waals surface area (Å²) in [5, 5.41) is 12.0. The van der Waals surface area contributed by atoms with Gasteiger partial charge in [-0.05, 0) is 43.8 Å². The lowest BCUT2D eigenvalue weighted by Gasteiger charge is -2.28. The monoisotopic (exact) mass is 188 g/mol. The number of hydrogen-bond donors (Lipinski definition) is 1. The van der Waals surface area contributed by atoms with E-state index in [1.807, 2.05) is 6.08 Å². The molecule has 0 saturated carbocycles. The van der Waals surface area contributed by atoms with Crippen molar-refractivity contribution in [1.29, 1.82) is 5.26 Å². The Bertz CT molecular complexity index is 314. The van der Waals surface area contributed by atoms with E-state index in [-0.39, 0.29) is 0 Å². The lowest BCUT2D eigenvalue weighted by molar-refractivity contribution is 0.601. The van der Waals surface area contributed by atoms with Gasteiger partial charge in [-0.1, -0.05) is 5.57 Å². The zero-order valence-electron chi connectivity index (χ0n) is 8.47.